The number of nitrogens with one attached hydrogen (secondary N) is 2. The number of anilines is 1. The molecule has 1 fully saturated rings. The molecule has 1 unspecified atom stereocenters. The van der Waals surface area contributed by atoms with E-state index in [0.717, 1.165) is 21.3 Å². The molecule has 0 aliphatic carbocycles. The van der Waals surface area contributed by atoms with E-state index in [2.05, 4.69) is 26.6 Å². The number of carbonyl (C=O) groups is 1. The number of rotatable bonds is 6. The Bertz CT molecular complexity index is 1070. The summed E-state index contributed by atoms with van der Waals surface area (Å²) in [5, 5.41) is 5.80. The lowest BCUT2D eigenvalue weighted by Crippen LogP contribution is -2.31. The molecule has 30 heavy (non-hydrogen) atoms. The summed E-state index contributed by atoms with van der Waals surface area (Å²) in [7, 11) is 0. The topological polar surface area (TPSA) is 50.4 Å². The van der Waals surface area contributed by atoms with E-state index in [1.165, 1.54) is 17.8 Å². The number of ether oxygens (including phenoxy) is 1. The first kappa shape index (κ1) is 20.5. The number of hydrogen-bond acceptors (Lipinski definition) is 4. The number of amides is 1. The van der Waals surface area contributed by atoms with Gasteiger partial charge in [-0.1, -0.05) is 64.1 Å². The van der Waals surface area contributed by atoms with Crippen molar-refractivity contribution in [2.45, 2.75) is 12.1 Å². The third-order valence-electron chi connectivity index (χ3n) is 4.39. The van der Waals surface area contributed by atoms with Gasteiger partial charge in [-0.15, -0.1) is 0 Å². The average molecular weight is 485 g/mol. The molecule has 0 aromatic heterocycles. The van der Waals surface area contributed by atoms with Crippen LogP contribution in [0, 0.1) is 5.82 Å². The molecule has 2 N–H and O–H groups in total. The third kappa shape index (κ3) is 5.23. The lowest BCUT2D eigenvalue weighted by molar-refractivity contribution is -0.116. The van der Waals surface area contributed by atoms with Gasteiger partial charge < -0.3 is 15.4 Å². The van der Waals surface area contributed by atoms with E-state index in [0.29, 0.717) is 17.2 Å². The molecule has 0 bridgehead atoms. The van der Waals surface area contributed by atoms with Crippen LogP contribution < -0.4 is 15.4 Å². The summed E-state index contributed by atoms with van der Waals surface area (Å²) in [6, 6.07) is 21.9. The number of hydrogen-bond donors (Lipinski definition) is 2. The van der Waals surface area contributed by atoms with E-state index in [9.17, 15) is 9.18 Å². The van der Waals surface area contributed by atoms with E-state index in [1.807, 2.05) is 54.6 Å². The Labute approximate surface area is 186 Å². The van der Waals surface area contributed by atoms with Gasteiger partial charge in [0, 0.05) is 4.47 Å². The Morgan fingerprint density at radius 2 is 1.80 bits per heavy atom. The van der Waals surface area contributed by atoms with Crippen molar-refractivity contribution >= 4 is 45.4 Å². The normalized spacial score (nSPS) is 17.1. The fourth-order valence-corrected chi connectivity index (χ4v) is 4.08. The largest absolute Gasteiger partial charge is 0.489 e. The number of halogens is 2. The molecular formula is C23H18BrFN2O2S. The molecule has 0 spiro atoms. The van der Waals surface area contributed by atoms with Crippen LogP contribution >= 0.6 is 27.7 Å². The van der Waals surface area contributed by atoms with Crippen LogP contribution in [0.1, 0.15) is 11.1 Å². The lowest BCUT2D eigenvalue weighted by Gasteiger charge is -2.12. The summed E-state index contributed by atoms with van der Waals surface area (Å²) in [6.45, 7) is 0.482. The zero-order chi connectivity index (χ0) is 20.9. The Kier molecular flexibility index (Phi) is 6.40. The average Bonchev–Trinajstić information content (AvgIpc) is 3.09. The molecule has 3 aromatic carbocycles. The minimum atomic E-state index is -0.422. The molecule has 4 rings (SSSR count). The quantitative estimate of drug-likeness (QED) is 0.436. The van der Waals surface area contributed by atoms with Crippen molar-refractivity contribution < 1.29 is 13.9 Å². The zero-order valence-corrected chi connectivity index (χ0v) is 18.2. The molecule has 7 heteroatoms. The van der Waals surface area contributed by atoms with Crippen molar-refractivity contribution in [1.82, 2.24) is 5.32 Å². The molecule has 1 aliphatic rings. The van der Waals surface area contributed by atoms with Gasteiger partial charge in [-0.2, -0.15) is 0 Å². The highest BCUT2D eigenvalue weighted by Crippen LogP contribution is 2.31. The van der Waals surface area contributed by atoms with Crippen molar-refractivity contribution in [3.05, 3.63) is 99.1 Å². The standard InChI is InChI=1S/C23H18BrFN2O2S/c24-17-9-5-16(6-10-17)14-29-18-11-7-15(8-12-18)13-21-22(28)27-23(30-21)26-20-4-2-1-3-19(20)25/h1-13,23,26H,14H2,(H,27,28)/b21-13-. The summed E-state index contributed by atoms with van der Waals surface area (Å²) in [5.41, 5.74) is 1.89. The number of carbonyl (C=O) groups excluding carboxylic acids is 1. The fourth-order valence-electron chi connectivity index (χ4n) is 2.84. The van der Waals surface area contributed by atoms with Gasteiger partial charge in [0.15, 0.2) is 5.50 Å². The van der Waals surface area contributed by atoms with Crippen molar-refractivity contribution in [2.24, 2.45) is 0 Å². The third-order valence-corrected chi connectivity index (χ3v) is 5.95. The zero-order valence-electron chi connectivity index (χ0n) is 15.8. The first-order valence-corrected chi connectivity index (χ1v) is 10.9. The van der Waals surface area contributed by atoms with Crippen LogP contribution in [0.3, 0.4) is 0 Å². The maximum Gasteiger partial charge on any atom is 0.260 e. The van der Waals surface area contributed by atoms with Crippen LogP contribution in [0.25, 0.3) is 6.08 Å². The van der Waals surface area contributed by atoms with Crippen LogP contribution in [-0.2, 0) is 11.4 Å². The van der Waals surface area contributed by atoms with E-state index >= 15 is 0 Å². The van der Waals surface area contributed by atoms with Crippen molar-refractivity contribution in [1.29, 1.82) is 0 Å². The summed E-state index contributed by atoms with van der Waals surface area (Å²) in [5.74, 6) is 0.204. The molecule has 0 radical (unpaired) electrons. The molecule has 1 atom stereocenters. The van der Waals surface area contributed by atoms with Gasteiger partial charge >= 0.3 is 0 Å². The SMILES string of the molecule is O=C1NC(Nc2ccccc2F)S/C1=C\c1ccc(OCc2ccc(Br)cc2)cc1. The smallest absolute Gasteiger partial charge is 0.260 e. The highest BCUT2D eigenvalue weighted by molar-refractivity contribution is 9.10. The molecule has 4 nitrogen and oxygen atoms in total. The van der Waals surface area contributed by atoms with Crippen LogP contribution in [-0.4, -0.2) is 11.4 Å². The summed E-state index contributed by atoms with van der Waals surface area (Å²) in [4.78, 5) is 12.8. The second-order valence-corrected chi connectivity index (χ2v) is 8.65. The minimum absolute atomic E-state index is 0.190. The summed E-state index contributed by atoms with van der Waals surface area (Å²) < 4.78 is 20.6. The Morgan fingerprint density at radius 3 is 2.53 bits per heavy atom. The predicted octanol–water partition coefficient (Wildman–Crippen LogP) is 5.77. The molecule has 152 valence electrons. The summed E-state index contributed by atoms with van der Waals surface area (Å²) in [6.07, 6.45) is 1.81. The molecule has 1 heterocycles. The number of benzene rings is 3. The van der Waals surface area contributed by atoms with Gasteiger partial charge in [0.2, 0.25) is 0 Å². The first-order chi connectivity index (χ1) is 14.6. The van der Waals surface area contributed by atoms with Crippen molar-refractivity contribution in [3.8, 4) is 5.75 Å². The van der Waals surface area contributed by atoms with Crippen LogP contribution in [0.15, 0.2) is 82.2 Å². The van der Waals surface area contributed by atoms with Gasteiger partial charge in [0.05, 0.1) is 10.6 Å². The number of para-hydroxylation sites is 1. The second kappa shape index (κ2) is 9.36. The van der Waals surface area contributed by atoms with Crippen molar-refractivity contribution in [2.75, 3.05) is 5.32 Å². The second-order valence-electron chi connectivity index (χ2n) is 6.59. The van der Waals surface area contributed by atoms with Gasteiger partial charge in [-0.3, -0.25) is 4.79 Å². The van der Waals surface area contributed by atoms with Crippen molar-refractivity contribution in [3.63, 3.8) is 0 Å². The monoisotopic (exact) mass is 484 g/mol. The first-order valence-electron chi connectivity index (χ1n) is 9.24. The van der Waals surface area contributed by atoms with Crippen LogP contribution in [0.4, 0.5) is 10.1 Å². The number of thioether (sulfide) groups is 1. The molecule has 1 amide bonds. The van der Waals surface area contributed by atoms with E-state index < -0.39 is 5.50 Å². The molecule has 3 aromatic rings. The van der Waals surface area contributed by atoms with Crippen LogP contribution in [0.2, 0.25) is 0 Å². The van der Waals surface area contributed by atoms with E-state index in [-0.39, 0.29) is 11.7 Å². The molecule has 1 saturated heterocycles. The minimum Gasteiger partial charge on any atom is -0.489 e. The maximum absolute atomic E-state index is 13.8. The van der Waals surface area contributed by atoms with Gasteiger partial charge in [-0.05, 0) is 53.6 Å². The molecule has 0 saturated carbocycles. The summed E-state index contributed by atoms with van der Waals surface area (Å²) >= 11 is 4.73. The van der Waals surface area contributed by atoms with Gasteiger partial charge in [0.1, 0.15) is 18.2 Å². The van der Waals surface area contributed by atoms with Crippen LogP contribution in [0.5, 0.6) is 5.75 Å². The maximum atomic E-state index is 13.8. The highest BCUT2D eigenvalue weighted by Gasteiger charge is 2.27. The fraction of sp³-hybridized carbons (Fsp3) is 0.0870. The van der Waals surface area contributed by atoms with E-state index in [1.54, 1.807) is 18.2 Å². The lowest BCUT2D eigenvalue weighted by atomic mass is 10.2. The predicted molar refractivity (Wildman–Crippen MR) is 122 cm³/mol. The van der Waals surface area contributed by atoms with Gasteiger partial charge in [0.25, 0.3) is 5.91 Å². The Morgan fingerprint density at radius 1 is 1.07 bits per heavy atom. The highest BCUT2D eigenvalue weighted by atomic mass is 79.9. The Hall–Kier alpha value is -2.77. The van der Waals surface area contributed by atoms with Gasteiger partial charge in [-0.25, -0.2) is 4.39 Å². The molecular weight excluding hydrogens is 467 g/mol. The Balaban J connectivity index is 1.36. The van der Waals surface area contributed by atoms with E-state index in [4.69, 9.17) is 4.74 Å². The molecule has 1 aliphatic heterocycles.